The molecule has 0 heterocycles. The fraction of sp³-hybridized carbons (Fsp3) is 0.188. The van der Waals surface area contributed by atoms with E-state index in [1.54, 1.807) is 0 Å². The number of halogens is 2. The molecule has 0 saturated heterocycles. The molecule has 21 heavy (non-hydrogen) atoms. The Morgan fingerprint density at radius 2 is 1.81 bits per heavy atom. The standard InChI is InChI=1S/C16H13BrFNO2/c17-14-12(16(20)21)5-6-13(15(14)18)19-11-7-9-3-1-2-4-10(9)8-11/h1-6,11,19H,7-8H2,(H,20,21). The molecule has 0 radical (unpaired) electrons. The fourth-order valence-electron chi connectivity index (χ4n) is 2.71. The summed E-state index contributed by atoms with van der Waals surface area (Å²) in [4.78, 5) is 11.0. The quantitative estimate of drug-likeness (QED) is 0.884. The molecule has 0 unspecified atom stereocenters. The zero-order chi connectivity index (χ0) is 15.0. The SMILES string of the molecule is O=C(O)c1ccc(NC2Cc3ccccc3C2)c(F)c1Br. The maximum Gasteiger partial charge on any atom is 0.336 e. The number of carboxylic acids is 1. The second-order valence-electron chi connectivity index (χ2n) is 5.11. The number of carboxylic acid groups (broad SMARTS) is 1. The van der Waals surface area contributed by atoms with Gasteiger partial charge in [-0.05, 0) is 52.0 Å². The van der Waals surface area contributed by atoms with Gasteiger partial charge in [-0.25, -0.2) is 9.18 Å². The Morgan fingerprint density at radius 1 is 1.19 bits per heavy atom. The first-order chi connectivity index (χ1) is 10.1. The van der Waals surface area contributed by atoms with Crippen LogP contribution in [0.1, 0.15) is 21.5 Å². The van der Waals surface area contributed by atoms with Crippen molar-refractivity contribution in [2.75, 3.05) is 5.32 Å². The van der Waals surface area contributed by atoms with Crippen LogP contribution in [0.5, 0.6) is 0 Å². The van der Waals surface area contributed by atoms with Crippen LogP contribution >= 0.6 is 15.9 Å². The molecule has 2 N–H and O–H groups in total. The average molecular weight is 350 g/mol. The highest BCUT2D eigenvalue weighted by Crippen LogP contribution is 2.30. The molecule has 1 aliphatic carbocycles. The lowest BCUT2D eigenvalue weighted by molar-refractivity contribution is 0.0695. The number of nitrogens with one attached hydrogen (secondary N) is 1. The summed E-state index contributed by atoms with van der Waals surface area (Å²) in [5, 5.41) is 12.1. The van der Waals surface area contributed by atoms with Gasteiger partial charge in [0.2, 0.25) is 0 Å². The second kappa shape index (κ2) is 5.48. The summed E-state index contributed by atoms with van der Waals surface area (Å²) in [5.41, 5.74) is 2.80. The number of fused-ring (bicyclic) bond motifs is 1. The van der Waals surface area contributed by atoms with E-state index >= 15 is 0 Å². The van der Waals surface area contributed by atoms with Crippen molar-refractivity contribution in [3.8, 4) is 0 Å². The highest BCUT2D eigenvalue weighted by Gasteiger charge is 2.23. The summed E-state index contributed by atoms with van der Waals surface area (Å²) in [6.07, 6.45) is 1.68. The molecule has 5 heteroatoms. The summed E-state index contributed by atoms with van der Waals surface area (Å²) in [6, 6.07) is 11.2. The molecule has 2 aromatic carbocycles. The van der Waals surface area contributed by atoms with E-state index in [4.69, 9.17) is 5.11 Å². The van der Waals surface area contributed by atoms with Crippen LogP contribution in [0.25, 0.3) is 0 Å². The van der Waals surface area contributed by atoms with Gasteiger partial charge in [0.25, 0.3) is 0 Å². The van der Waals surface area contributed by atoms with E-state index in [-0.39, 0.29) is 16.1 Å². The Balaban J connectivity index is 1.81. The maximum atomic E-state index is 14.2. The van der Waals surface area contributed by atoms with Gasteiger partial charge in [-0.15, -0.1) is 0 Å². The van der Waals surface area contributed by atoms with Crippen LogP contribution in [0, 0.1) is 5.82 Å². The number of hydrogen-bond acceptors (Lipinski definition) is 2. The van der Waals surface area contributed by atoms with Gasteiger partial charge in [0, 0.05) is 6.04 Å². The highest BCUT2D eigenvalue weighted by molar-refractivity contribution is 9.10. The van der Waals surface area contributed by atoms with E-state index in [1.807, 2.05) is 12.1 Å². The molecule has 0 aromatic heterocycles. The number of aromatic carboxylic acids is 1. The molecular weight excluding hydrogens is 337 g/mol. The summed E-state index contributed by atoms with van der Waals surface area (Å²) < 4.78 is 14.2. The van der Waals surface area contributed by atoms with Crippen molar-refractivity contribution in [1.29, 1.82) is 0 Å². The summed E-state index contributed by atoms with van der Waals surface area (Å²) in [6.45, 7) is 0. The minimum atomic E-state index is -1.15. The Kier molecular flexibility index (Phi) is 3.68. The molecule has 108 valence electrons. The highest BCUT2D eigenvalue weighted by atomic mass is 79.9. The zero-order valence-electron chi connectivity index (χ0n) is 11.1. The minimum Gasteiger partial charge on any atom is -0.478 e. The molecule has 0 saturated carbocycles. The first-order valence-electron chi connectivity index (χ1n) is 6.61. The molecule has 0 aliphatic heterocycles. The first kappa shape index (κ1) is 14.1. The van der Waals surface area contributed by atoms with E-state index in [2.05, 4.69) is 33.4 Å². The molecule has 3 rings (SSSR count). The van der Waals surface area contributed by atoms with Gasteiger partial charge in [-0.1, -0.05) is 24.3 Å². The number of benzene rings is 2. The largest absolute Gasteiger partial charge is 0.478 e. The van der Waals surface area contributed by atoms with Crippen molar-refractivity contribution < 1.29 is 14.3 Å². The summed E-state index contributed by atoms with van der Waals surface area (Å²) in [7, 11) is 0. The molecule has 0 amide bonds. The third kappa shape index (κ3) is 2.65. The molecule has 2 aromatic rings. The van der Waals surface area contributed by atoms with Gasteiger partial charge in [0.1, 0.15) is 0 Å². The van der Waals surface area contributed by atoms with Crippen LogP contribution in [0.4, 0.5) is 10.1 Å². The summed E-state index contributed by atoms with van der Waals surface area (Å²) >= 11 is 3.01. The normalized spacial score (nSPS) is 14.0. The summed E-state index contributed by atoms with van der Waals surface area (Å²) in [5.74, 6) is -1.72. The monoisotopic (exact) mass is 349 g/mol. The number of rotatable bonds is 3. The van der Waals surface area contributed by atoms with Crippen molar-refractivity contribution in [2.24, 2.45) is 0 Å². The Hall–Kier alpha value is -1.88. The predicted octanol–water partition coefficient (Wildman–Crippen LogP) is 3.87. The third-order valence-electron chi connectivity index (χ3n) is 3.72. The number of anilines is 1. The van der Waals surface area contributed by atoms with Crippen molar-refractivity contribution in [1.82, 2.24) is 0 Å². The van der Waals surface area contributed by atoms with Crippen molar-refractivity contribution in [2.45, 2.75) is 18.9 Å². The van der Waals surface area contributed by atoms with Crippen molar-refractivity contribution >= 4 is 27.6 Å². The Labute approximate surface area is 129 Å². The molecule has 0 atom stereocenters. The predicted molar refractivity (Wildman–Crippen MR) is 82.3 cm³/mol. The van der Waals surface area contributed by atoms with E-state index < -0.39 is 11.8 Å². The lowest BCUT2D eigenvalue weighted by Crippen LogP contribution is -2.20. The van der Waals surface area contributed by atoms with Crippen molar-refractivity contribution in [3.05, 3.63) is 63.4 Å². The zero-order valence-corrected chi connectivity index (χ0v) is 12.7. The van der Waals surface area contributed by atoms with Gasteiger partial charge < -0.3 is 10.4 Å². The molecule has 0 spiro atoms. The Bertz CT molecular complexity index is 692. The maximum absolute atomic E-state index is 14.2. The van der Waals surface area contributed by atoms with Crippen molar-refractivity contribution in [3.63, 3.8) is 0 Å². The molecule has 0 bridgehead atoms. The van der Waals surface area contributed by atoms with Crippen LogP contribution in [-0.2, 0) is 12.8 Å². The minimum absolute atomic E-state index is 0.0180. The van der Waals surface area contributed by atoms with Gasteiger partial charge in [-0.3, -0.25) is 0 Å². The van der Waals surface area contributed by atoms with Gasteiger partial charge in [0.15, 0.2) is 5.82 Å². The molecule has 3 nitrogen and oxygen atoms in total. The van der Waals surface area contributed by atoms with Crippen LogP contribution in [-0.4, -0.2) is 17.1 Å². The first-order valence-corrected chi connectivity index (χ1v) is 7.40. The number of hydrogen-bond donors (Lipinski definition) is 2. The van der Waals surface area contributed by atoms with Gasteiger partial charge >= 0.3 is 5.97 Å². The van der Waals surface area contributed by atoms with E-state index in [1.165, 1.54) is 23.3 Å². The lowest BCUT2D eigenvalue weighted by Gasteiger charge is -2.15. The van der Waals surface area contributed by atoms with Crippen LogP contribution < -0.4 is 5.32 Å². The molecular formula is C16H13BrFNO2. The van der Waals surface area contributed by atoms with Crippen LogP contribution in [0.2, 0.25) is 0 Å². The van der Waals surface area contributed by atoms with Crippen LogP contribution in [0.15, 0.2) is 40.9 Å². The topological polar surface area (TPSA) is 49.3 Å². The molecule has 1 aliphatic rings. The smallest absolute Gasteiger partial charge is 0.336 e. The Morgan fingerprint density at radius 3 is 2.38 bits per heavy atom. The third-order valence-corrected chi connectivity index (χ3v) is 4.50. The number of carbonyl (C=O) groups is 1. The average Bonchev–Trinajstić information content (AvgIpc) is 2.86. The molecule has 0 fully saturated rings. The van der Waals surface area contributed by atoms with Crippen LogP contribution in [0.3, 0.4) is 0 Å². The lowest BCUT2D eigenvalue weighted by atomic mass is 10.1. The fourth-order valence-corrected chi connectivity index (χ4v) is 3.22. The van der Waals surface area contributed by atoms with E-state index in [0.717, 1.165) is 12.8 Å². The van der Waals surface area contributed by atoms with Gasteiger partial charge in [-0.2, -0.15) is 0 Å². The van der Waals surface area contributed by atoms with Gasteiger partial charge in [0.05, 0.1) is 15.7 Å². The van der Waals surface area contributed by atoms with E-state index in [0.29, 0.717) is 5.69 Å². The second-order valence-corrected chi connectivity index (χ2v) is 5.91. The van der Waals surface area contributed by atoms with E-state index in [9.17, 15) is 9.18 Å².